The van der Waals surface area contributed by atoms with E-state index in [0.717, 1.165) is 44.2 Å². The van der Waals surface area contributed by atoms with Crippen molar-refractivity contribution in [2.45, 2.75) is 111 Å². The van der Waals surface area contributed by atoms with E-state index in [1.807, 2.05) is 6.92 Å². The third-order valence-electron chi connectivity index (χ3n) is 12.7. The van der Waals surface area contributed by atoms with E-state index >= 15 is 0 Å². The molecule has 192 valence electrons. The fraction of sp³-hybridized carbons (Fsp3) is 0.897. The molecule has 0 aromatic rings. The van der Waals surface area contributed by atoms with Gasteiger partial charge in [0.1, 0.15) is 0 Å². The van der Waals surface area contributed by atoms with Crippen LogP contribution in [0.3, 0.4) is 0 Å². The number of aliphatic hydroxyl groups is 4. The molecule has 0 aromatic carbocycles. The highest BCUT2D eigenvalue weighted by atomic mass is 16.3. The highest BCUT2D eigenvalue weighted by Crippen LogP contribution is 2.74. The van der Waals surface area contributed by atoms with Crippen molar-refractivity contribution in [2.24, 2.45) is 44.3 Å². The molecule has 0 aromatic heterocycles. The van der Waals surface area contributed by atoms with Gasteiger partial charge >= 0.3 is 0 Å². The van der Waals surface area contributed by atoms with Gasteiger partial charge in [-0.05, 0) is 85.0 Å². The number of nitrogens with one attached hydrogen (secondary N) is 1. The number of aliphatic hydroxyl groups excluding tert-OH is 4. The minimum atomic E-state index is -0.900. The molecule has 0 bridgehead atoms. The Balaban J connectivity index is 1.56. The third-order valence-corrected chi connectivity index (χ3v) is 12.7. The summed E-state index contributed by atoms with van der Waals surface area (Å²) in [6.07, 6.45) is 7.01. The predicted molar refractivity (Wildman–Crippen MR) is 133 cm³/mol. The first-order valence-electron chi connectivity index (χ1n) is 13.5. The summed E-state index contributed by atoms with van der Waals surface area (Å²) < 4.78 is 0. The van der Waals surface area contributed by atoms with E-state index in [0.29, 0.717) is 18.8 Å². The van der Waals surface area contributed by atoms with Gasteiger partial charge in [-0.15, -0.1) is 0 Å². The molecular weight excluding hydrogens is 426 g/mol. The van der Waals surface area contributed by atoms with Crippen LogP contribution < -0.4 is 0 Å². The van der Waals surface area contributed by atoms with Crippen LogP contribution >= 0.6 is 0 Å². The van der Waals surface area contributed by atoms with Crippen molar-refractivity contribution >= 4 is 5.71 Å². The molecular formula is C29H47NO4. The number of rotatable bonds is 1. The van der Waals surface area contributed by atoms with Gasteiger partial charge in [-0.2, -0.15) is 0 Å². The largest absolute Gasteiger partial charge is 0.396 e. The zero-order valence-corrected chi connectivity index (χ0v) is 22.1. The number of hydrogen-bond acceptors (Lipinski definition) is 5. The van der Waals surface area contributed by atoms with Crippen LogP contribution in [0.2, 0.25) is 0 Å². The van der Waals surface area contributed by atoms with Gasteiger partial charge in [0.2, 0.25) is 0 Å². The van der Waals surface area contributed by atoms with Crippen molar-refractivity contribution in [1.29, 1.82) is 5.41 Å². The van der Waals surface area contributed by atoms with Gasteiger partial charge in [-0.3, -0.25) is 0 Å². The van der Waals surface area contributed by atoms with Gasteiger partial charge in [-0.1, -0.05) is 47.6 Å². The quantitative estimate of drug-likeness (QED) is 0.363. The number of allylic oxidation sites excluding steroid dienone is 1. The lowest BCUT2D eigenvalue weighted by atomic mass is 9.34. The van der Waals surface area contributed by atoms with E-state index in [2.05, 4.69) is 40.7 Å². The molecule has 5 heteroatoms. The molecule has 0 aliphatic heterocycles. The second kappa shape index (κ2) is 7.18. The first kappa shape index (κ1) is 24.9. The van der Waals surface area contributed by atoms with Crippen LogP contribution in [-0.2, 0) is 0 Å². The summed E-state index contributed by atoms with van der Waals surface area (Å²) in [6.45, 7) is 13.2. The van der Waals surface area contributed by atoms with Gasteiger partial charge in [-0.25, -0.2) is 0 Å². The molecule has 0 heterocycles. The Bertz CT molecular complexity index is 929. The molecule has 0 unspecified atom stereocenters. The Labute approximate surface area is 205 Å². The summed E-state index contributed by atoms with van der Waals surface area (Å²) in [5.74, 6) is 0.469. The van der Waals surface area contributed by atoms with Crippen LogP contribution in [0.15, 0.2) is 11.6 Å². The van der Waals surface area contributed by atoms with Gasteiger partial charge < -0.3 is 25.8 Å². The summed E-state index contributed by atoms with van der Waals surface area (Å²) in [7, 11) is 0. The Hall–Kier alpha value is -0.750. The van der Waals surface area contributed by atoms with Crippen molar-refractivity contribution in [1.82, 2.24) is 0 Å². The fourth-order valence-electron chi connectivity index (χ4n) is 10.5. The second-order valence-corrected chi connectivity index (χ2v) is 14.7. The molecule has 10 atom stereocenters. The monoisotopic (exact) mass is 473 g/mol. The number of fused-ring (bicyclic) bond motifs is 5. The van der Waals surface area contributed by atoms with E-state index in [1.54, 1.807) is 0 Å². The number of hydrogen-bond donors (Lipinski definition) is 5. The second-order valence-electron chi connectivity index (χ2n) is 14.7. The normalized spacial score (nSPS) is 56.5. The molecule has 5 nitrogen and oxygen atoms in total. The summed E-state index contributed by atoms with van der Waals surface area (Å²) in [5.41, 5.74) is 0.585. The van der Waals surface area contributed by atoms with Crippen LogP contribution in [0, 0.1) is 49.7 Å². The molecule has 5 aliphatic carbocycles. The van der Waals surface area contributed by atoms with Crippen molar-refractivity contribution < 1.29 is 20.4 Å². The first-order valence-corrected chi connectivity index (χ1v) is 13.5. The lowest BCUT2D eigenvalue weighted by Crippen LogP contribution is -2.68. The minimum Gasteiger partial charge on any atom is -0.396 e. The molecule has 5 aliphatic rings. The van der Waals surface area contributed by atoms with E-state index < -0.39 is 23.7 Å². The standard InChI is InChI=1S/C29H47NO4/c1-24(2)15-29(14-21(24)30)12-11-27(5)17(22(29)33)7-8-20-25(3)13-18(32)23(34)26(4,16-31)19(25)9-10-28(20,27)6/h7,18-20,22-23,30-34H,8-16H2,1-6H3/t18-,19-,20-,22-,23+,25+,26+,27-,28-,29-/m1/s1. The molecule has 5 rings (SSSR count). The smallest absolute Gasteiger partial charge is 0.0877 e. The zero-order valence-electron chi connectivity index (χ0n) is 22.1. The minimum absolute atomic E-state index is 0.0229. The Morgan fingerprint density at radius 2 is 1.65 bits per heavy atom. The van der Waals surface area contributed by atoms with Crippen LogP contribution in [-0.4, -0.2) is 51.1 Å². The Kier molecular flexibility index (Phi) is 5.26. The SMILES string of the molecule is CC1(C)C[C@@]2(CC[C@]3(C)C(=CC[C@@H]4[C@@]5(C)C[C@@H](O)[C@H](O)[C@@](C)(CO)[C@@H]5CC[C@]43C)[C@H]2O)CC1=N. The zero-order chi connectivity index (χ0) is 25.1. The summed E-state index contributed by atoms with van der Waals surface area (Å²) >= 11 is 0. The van der Waals surface area contributed by atoms with E-state index in [4.69, 9.17) is 5.41 Å². The maximum Gasteiger partial charge on any atom is 0.0877 e. The van der Waals surface area contributed by atoms with Gasteiger partial charge in [0, 0.05) is 22.0 Å². The lowest BCUT2D eigenvalue weighted by Gasteiger charge is -2.70. The van der Waals surface area contributed by atoms with Crippen LogP contribution in [0.25, 0.3) is 0 Å². The fourth-order valence-corrected chi connectivity index (χ4v) is 10.5. The Morgan fingerprint density at radius 3 is 2.24 bits per heavy atom. The molecule has 34 heavy (non-hydrogen) atoms. The maximum atomic E-state index is 11.9. The van der Waals surface area contributed by atoms with Crippen LogP contribution in [0.1, 0.15) is 92.9 Å². The predicted octanol–water partition coefficient (Wildman–Crippen LogP) is 4.47. The summed E-state index contributed by atoms with van der Waals surface area (Å²) in [4.78, 5) is 0. The van der Waals surface area contributed by atoms with Crippen molar-refractivity contribution in [2.75, 3.05) is 6.61 Å². The first-order chi connectivity index (χ1) is 15.6. The van der Waals surface area contributed by atoms with Crippen molar-refractivity contribution in [3.63, 3.8) is 0 Å². The topological polar surface area (TPSA) is 105 Å². The van der Waals surface area contributed by atoms with Gasteiger partial charge in [0.25, 0.3) is 0 Å². The molecule has 5 N–H and O–H groups in total. The lowest BCUT2D eigenvalue weighted by molar-refractivity contribution is -0.243. The molecule has 4 fully saturated rings. The molecule has 0 saturated heterocycles. The third kappa shape index (κ3) is 2.79. The van der Waals surface area contributed by atoms with E-state index in [9.17, 15) is 20.4 Å². The van der Waals surface area contributed by atoms with Crippen molar-refractivity contribution in [3.05, 3.63) is 11.6 Å². The molecule has 0 radical (unpaired) electrons. The highest BCUT2D eigenvalue weighted by molar-refractivity contribution is 5.90. The Morgan fingerprint density at radius 1 is 0.971 bits per heavy atom. The summed E-state index contributed by atoms with van der Waals surface area (Å²) in [5, 5.41) is 52.7. The van der Waals surface area contributed by atoms with Crippen molar-refractivity contribution in [3.8, 4) is 0 Å². The highest BCUT2D eigenvalue weighted by Gasteiger charge is 2.70. The van der Waals surface area contributed by atoms with Crippen LogP contribution in [0.5, 0.6) is 0 Å². The van der Waals surface area contributed by atoms with Crippen LogP contribution in [0.4, 0.5) is 0 Å². The van der Waals surface area contributed by atoms with Gasteiger partial charge in [0.05, 0.1) is 24.9 Å². The van der Waals surface area contributed by atoms with Gasteiger partial charge in [0.15, 0.2) is 0 Å². The van der Waals surface area contributed by atoms with E-state index in [-0.39, 0.29) is 39.6 Å². The average molecular weight is 474 g/mol. The average Bonchev–Trinajstić information content (AvgIpc) is 2.99. The summed E-state index contributed by atoms with van der Waals surface area (Å²) in [6, 6.07) is 0. The van der Waals surface area contributed by atoms with E-state index in [1.165, 1.54) is 5.57 Å². The molecule has 1 spiro atoms. The molecule has 0 amide bonds. The molecule has 4 saturated carbocycles. The maximum absolute atomic E-state index is 11.9.